The maximum atomic E-state index is 13.3. The molecule has 5 rings (SSSR count). The van der Waals surface area contributed by atoms with Gasteiger partial charge in [-0.25, -0.2) is 9.59 Å². The summed E-state index contributed by atoms with van der Waals surface area (Å²) in [4.78, 5) is 24.9. The van der Waals surface area contributed by atoms with Crippen LogP contribution in [0.15, 0.2) is 115 Å². The highest BCUT2D eigenvalue weighted by atomic mass is 16.5. The Balaban J connectivity index is 1.18. The fraction of sp³-hybridized carbons (Fsp3) is 0.250. The number of aliphatic hydroxyl groups is 2. The third-order valence-electron chi connectivity index (χ3n) is 8.43. The van der Waals surface area contributed by atoms with Crippen LogP contribution in [0.1, 0.15) is 53.4 Å². The van der Waals surface area contributed by atoms with Gasteiger partial charge in [0.1, 0.15) is 13.2 Å². The predicted octanol–water partition coefficient (Wildman–Crippen LogP) is 7.10. The molecule has 0 aliphatic heterocycles. The van der Waals surface area contributed by atoms with Crippen LogP contribution >= 0.6 is 0 Å². The fourth-order valence-electron chi connectivity index (χ4n) is 5.72. The Hall–Kier alpha value is -4.78. The molecule has 0 bridgehead atoms. The fourth-order valence-corrected chi connectivity index (χ4v) is 5.72. The van der Waals surface area contributed by atoms with Crippen LogP contribution in [0.5, 0.6) is 0 Å². The van der Waals surface area contributed by atoms with E-state index in [1.165, 1.54) is 0 Å². The number of hydrogen-bond donors (Lipinski definition) is 2. The van der Waals surface area contributed by atoms with Crippen molar-refractivity contribution in [1.82, 2.24) is 0 Å². The molecule has 2 atom stereocenters. The molecule has 46 heavy (non-hydrogen) atoms. The average Bonchev–Trinajstić information content (AvgIpc) is 3.05. The molecule has 236 valence electrons. The van der Waals surface area contributed by atoms with Crippen molar-refractivity contribution in [2.75, 3.05) is 13.2 Å². The molecule has 0 aliphatic rings. The highest BCUT2D eigenvalue weighted by Gasteiger charge is 2.24. The number of carbonyl (C=O) groups excluding carboxylic acids is 2. The summed E-state index contributed by atoms with van der Waals surface area (Å²) in [5.41, 5.74) is 4.63. The molecule has 0 saturated heterocycles. The number of ether oxygens (including phenoxy) is 2. The minimum absolute atomic E-state index is 0.0796. The lowest BCUT2D eigenvalue weighted by molar-refractivity contribution is -0.141. The van der Waals surface area contributed by atoms with Crippen molar-refractivity contribution in [2.24, 2.45) is 0 Å². The second kappa shape index (κ2) is 14.1. The van der Waals surface area contributed by atoms with E-state index < -0.39 is 24.1 Å². The zero-order valence-electron chi connectivity index (χ0n) is 26.5. The topological polar surface area (TPSA) is 93.1 Å². The van der Waals surface area contributed by atoms with Crippen molar-refractivity contribution in [1.29, 1.82) is 0 Å². The lowest BCUT2D eigenvalue weighted by atomic mass is 9.77. The molecule has 0 heterocycles. The Bertz CT molecular complexity index is 1800. The van der Waals surface area contributed by atoms with Gasteiger partial charge in [-0.1, -0.05) is 117 Å². The molecule has 0 aliphatic carbocycles. The van der Waals surface area contributed by atoms with Crippen LogP contribution in [0, 0.1) is 0 Å². The summed E-state index contributed by atoms with van der Waals surface area (Å²) in [5, 5.41) is 24.6. The Labute approximate surface area is 269 Å². The number of carbonyl (C=O) groups is 2. The molecule has 0 spiro atoms. The van der Waals surface area contributed by atoms with E-state index in [1.54, 1.807) is 6.92 Å². The number of aliphatic hydroxyl groups excluding tert-OH is 2. The molecule has 6 nitrogen and oxygen atoms in total. The summed E-state index contributed by atoms with van der Waals surface area (Å²) in [6.45, 7) is 9.22. The van der Waals surface area contributed by atoms with Gasteiger partial charge in [0.05, 0.1) is 17.8 Å². The van der Waals surface area contributed by atoms with Crippen LogP contribution in [0.2, 0.25) is 0 Å². The molecule has 0 amide bonds. The van der Waals surface area contributed by atoms with Crippen molar-refractivity contribution in [3.63, 3.8) is 0 Å². The molecule has 6 heteroatoms. The molecule has 5 aromatic carbocycles. The first-order valence-corrected chi connectivity index (χ1v) is 15.5. The lowest BCUT2D eigenvalue weighted by Gasteiger charge is -2.27. The number of fused-ring (bicyclic) bond motifs is 2. The number of rotatable bonds is 12. The summed E-state index contributed by atoms with van der Waals surface area (Å²) >= 11 is 0. The van der Waals surface area contributed by atoms with E-state index in [-0.39, 0.29) is 18.6 Å². The lowest BCUT2D eigenvalue weighted by Crippen LogP contribution is -2.22. The van der Waals surface area contributed by atoms with Gasteiger partial charge in [0.25, 0.3) is 0 Å². The van der Waals surface area contributed by atoms with Crippen LogP contribution in [0.4, 0.5) is 0 Å². The van der Waals surface area contributed by atoms with Gasteiger partial charge in [0.15, 0.2) is 0 Å². The van der Waals surface area contributed by atoms with E-state index in [0.29, 0.717) is 24.0 Å². The van der Waals surface area contributed by atoms with E-state index in [4.69, 9.17) is 9.47 Å². The van der Waals surface area contributed by atoms with Crippen molar-refractivity contribution in [3.8, 4) is 0 Å². The second-order valence-corrected chi connectivity index (χ2v) is 12.4. The Morgan fingerprint density at radius 3 is 1.59 bits per heavy atom. The molecule has 2 N–H and O–H groups in total. The molecule has 0 saturated carbocycles. The van der Waals surface area contributed by atoms with Crippen molar-refractivity contribution >= 4 is 33.5 Å². The average molecular weight is 617 g/mol. The monoisotopic (exact) mass is 616 g/mol. The Morgan fingerprint density at radius 2 is 1.13 bits per heavy atom. The standard InChI is InChI=1S/C40H40O6/c1-26(2)38(43)45-24-33(41)21-27-13-17-31(18-14-27)40(3,4)32-19-15-28(16-20-32)22-34(42)25-46-39(44)37-35-11-7-5-9-29(35)23-30-10-6-8-12-36(30)37/h5-20,23,33-34,41-42H,1,21-22,24-25H2,2-4H3. The zero-order valence-corrected chi connectivity index (χ0v) is 26.5. The van der Waals surface area contributed by atoms with E-state index in [2.05, 4.69) is 38.6 Å². The number of esters is 2. The first kappa shape index (κ1) is 32.6. The van der Waals surface area contributed by atoms with Crippen LogP contribution in [-0.2, 0) is 32.5 Å². The third-order valence-corrected chi connectivity index (χ3v) is 8.43. The molecule has 2 unspecified atom stereocenters. The number of benzene rings is 5. The molecule has 0 fully saturated rings. The normalized spacial score (nSPS) is 12.9. The summed E-state index contributed by atoms with van der Waals surface area (Å²) in [6.07, 6.45) is -0.930. The van der Waals surface area contributed by atoms with E-state index >= 15 is 0 Å². The summed E-state index contributed by atoms with van der Waals surface area (Å²) in [6, 6.07) is 33.7. The molecule has 0 aromatic heterocycles. The Morgan fingerprint density at radius 1 is 0.696 bits per heavy atom. The predicted molar refractivity (Wildman–Crippen MR) is 182 cm³/mol. The van der Waals surface area contributed by atoms with Gasteiger partial charge in [0, 0.05) is 23.8 Å². The quantitative estimate of drug-likeness (QED) is 0.0883. The van der Waals surface area contributed by atoms with Gasteiger partial charge in [-0.3, -0.25) is 0 Å². The largest absolute Gasteiger partial charge is 0.460 e. The minimum atomic E-state index is -0.851. The van der Waals surface area contributed by atoms with Gasteiger partial charge < -0.3 is 19.7 Å². The van der Waals surface area contributed by atoms with E-state index in [9.17, 15) is 19.8 Å². The highest BCUT2D eigenvalue weighted by Crippen LogP contribution is 2.32. The van der Waals surface area contributed by atoms with Gasteiger partial charge >= 0.3 is 11.9 Å². The summed E-state index contributed by atoms with van der Waals surface area (Å²) < 4.78 is 10.7. The Kier molecular flexibility index (Phi) is 10.0. The SMILES string of the molecule is C=C(C)C(=O)OCC(O)Cc1ccc(C(C)(C)c2ccc(CC(O)COC(=O)c3c4ccccc4cc4ccccc34)cc2)cc1. The van der Waals surface area contributed by atoms with E-state index in [1.807, 2.05) is 84.9 Å². The van der Waals surface area contributed by atoms with Crippen LogP contribution < -0.4 is 0 Å². The van der Waals surface area contributed by atoms with Gasteiger partial charge in [-0.05, 0) is 56.8 Å². The first-order chi connectivity index (χ1) is 22.0. The van der Waals surface area contributed by atoms with Gasteiger partial charge in [-0.2, -0.15) is 0 Å². The summed E-state index contributed by atoms with van der Waals surface area (Å²) in [7, 11) is 0. The molecule has 0 radical (unpaired) electrons. The first-order valence-electron chi connectivity index (χ1n) is 15.5. The van der Waals surface area contributed by atoms with Crippen molar-refractivity contribution < 1.29 is 29.3 Å². The van der Waals surface area contributed by atoms with Gasteiger partial charge in [0.2, 0.25) is 0 Å². The summed E-state index contributed by atoms with van der Waals surface area (Å²) in [5.74, 6) is -0.957. The second-order valence-electron chi connectivity index (χ2n) is 12.4. The zero-order chi connectivity index (χ0) is 32.8. The molecular weight excluding hydrogens is 576 g/mol. The minimum Gasteiger partial charge on any atom is -0.460 e. The van der Waals surface area contributed by atoms with Crippen LogP contribution in [-0.4, -0.2) is 47.6 Å². The smallest absolute Gasteiger partial charge is 0.339 e. The number of hydrogen-bond acceptors (Lipinski definition) is 6. The molecular formula is C40H40O6. The van der Waals surface area contributed by atoms with Crippen LogP contribution in [0.25, 0.3) is 21.5 Å². The maximum absolute atomic E-state index is 13.3. The van der Waals surface area contributed by atoms with Crippen molar-refractivity contribution in [3.05, 3.63) is 143 Å². The van der Waals surface area contributed by atoms with E-state index in [0.717, 1.165) is 43.8 Å². The van der Waals surface area contributed by atoms with Crippen molar-refractivity contribution in [2.45, 2.75) is 51.2 Å². The molecule has 5 aromatic rings. The highest BCUT2D eigenvalue weighted by molar-refractivity contribution is 6.16. The van der Waals surface area contributed by atoms with Crippen LogP contribution in [0.3, 0.4) is 0 Å². The van der Waals surface area contributed by atoms with Gasteiger partial charge in [-0.15, -0.1) is 0 Å². The maximum Gasteiger partial charge on any atom is 0.339 e. The third kappa shape index (κ3) is 7.53.